The summed E-state index contributed by atoms with van der Waals surface area (Å²) >= 11 is 0. The summed E-state index contributed by atoms with van der Waals surface area (Å²) in [6.07, 6.45) is 5.90. The van der Waals surface area contributed by atoms with E-state index in [1.165, 1.54) is 43.7 Å². The Balaban J connectivity index is 1.75. The molecular weight excluding hydrogens is 260 g/mol. The van der Waals surface area contributed by atoms with Crippen molar-refractivity contribution in [1.82, 2.24) is 15.2 Å². The van der Waals surface area contributed by atoms with E-state index in [4.69, 9.17) is 4.98 Å². The van der Waals surface area contributed by atoms with Gasteiger partial charge in [0.25, 0.3) is 0 Å². The van der Waals surface area contributed by atoms with Crippen LogP contribution in [0.15, 0.2) is 18.3 Å². The standard InChI is InChI=1S/C17H28N4/c1-14(2)19-12-15-6-3-8-18-17(15)21-11-5-10-20-9-4-7-16(20)13-21/h3,6,8,14,16,19H,4-5,7,9-13H2,1-2H3. The highest BCUT2D eigenvalue weighted by molar-refractivity contribution is 5.47. The summed E-state index contributed by atoms with van der Waals surface area (Å²) < 4.78 is 0. The molecule has 2 aliphatic heterocycles. The minimum Gasteiger partial charge on any atom is -0.355 e. The van der Waals surface area contributed by atoms with E-state index in [0.29, 0.717) is 6.04 Å². The number of nitrogens with zero attached hydrogens (tertiary/aromatic N) is 3. The van der Waals surface area contributed by atoms with E-state index in [9.17, 15) is 0 Å². The maximum Gasteiger partial charge on any atom is 0.133 e. The molecule has 0 radical (unpaired) electrons. The van der Waals surface area contributed by atoms with Gasteiger partial charge >= 0.3 is 0 Å². The van der Waals surface area contributed by atoms with Gasteiger partial charge in [0.15, 0.2) is 0 Å². The summed E-state index contributed by atoms with van der Waals surface area (Å²) in [5.74, 6) is 1.19. The lowest BCUT2D eigenvalue weighted by Gasteiger charge is -2.28. The summed E-state index contributed by atoms with van der Waals surface area (Å²) in [6.45, 7) is 10.1. The molecule has 1 aromatic heterocycles. The quantitative estimate of drug-likeness (QED) is 0.921. The molecule has 2 saturated heterocycles. The predicted octanol–water partition coefficient (Wildman–Crippen LogP) is 2.25. The van der Waals surface area contributed by atoms with Gasteiger partial charge in [0, 0.05) is 50.0 Å². The minimum absolute atomic E-state index is 0.507. The predicted molar refractivity (Wildman–Crippen MR) is 87.6 cm³/mol. The molecule has 3 heterocycles. The minimum atomic E-state index is 0.507. The van der Waals surface area contributed by atoms with Gasteiger partial charge in [-0.05, 0) is 31.9 Å². The Bertz CT molecular complexity index is 460. The Morgan fingerprint density at radius 1 is 1.29 bits per heavy atom. The SMILES string of the molecule is CC(C)NCc1cccnc1N1CCCN2CCCC2C1. The lowest BCUT2D eigenvalue weighted by molar-refractivity contribution is 0.273. The van der Waals surface area contributed by atoms with Crippen LogP contribution in [0.2, 0.25) is 0 Å². The van der Waals surface area contributed by atoms with Crippen molar-refractivity contribution in [3.63, 3.8) is 0 Å². The third-order valence-corrected chi connectivity index (χ3v) is 4.67. The molecule has 0 bridgehead atoms. The van der Waals surface area contributed by atoms with Crippen molar-refractivity contribution < 1.29 is 0 Å². The van der Waals surface area contributed by atoms with Crippen LogP contribution in [0.1, 0.15) is 38.7 Å². The number of hydrogen-bond donors (Lipinski definition) is 1. The Kier molecular flexibility index (Phi) is 4.76. The van der Waals surface area contributed by atoms with Gasteiger partial charge in [-0.25, -0.2) is 4.98 Å². The number of anilines is 1. The van der Waals surface area contributed by atoms with Crippen molar-refractivity contribution in [1.29, 1.82) is 0 Å². The third-order valence-electron chi connectivity index (χ3n) is 4.67. The van der Waals surface area contributed by atoms with Crippen molar-refractivity contribution in [3.8, 4) is 0 Å². The Hall–Kier alpha value is -1.13. The molecule has 1 aromatic rings. The third kappa shape index (κ3) is 3.55. The Morgan fingerprint density at radius 2 is 2.14 bits per heavy atom. The molecule has 3 rings (SSSR count). The van der Waals surface area contributed by atoms with E-state index < -0.39 is 0 Å². The number of rotatable bonds is 4. The van der Waals surface area contributed by atoms with Crippen LogP contribution in [0.25, 0.3) is 0 Å². The molecule has 2 aliphatic rings. The van der Waals surface area contributed by atoms with E-state index in [1.54, 1.807) is 0 Å². The van der Waals surface area contributed by atoms with Gasteiger partial charge < -0.3 is 10.2 Å². The number of pyridine rings is 1. The monoisotopic (exact) mass is 288 g/mol. The lowest BCUT2D eigenvalue weighted by atomic mass is 10.2. The van der Waals surface area contributed by atoms with Crippen LogP contribution in [0.3, 0.4) is 0 Å². The number of nitrogens with one attached hydrogen (secondary N) is 1. The highest BCUT2D eigenvalue weighted by Crippen LogP contribution is 2.25. The molecule has 1 N–H and O–H groups in total. The van der Waals surface area contributed by atoms with Crippen molar-refractivity contribution in [2.24, 2.45) is 0 Å². The second-order valence-corrected chi connectivity index (χ2v) is 6.65. The summed E-state index contributed by atoms with van der Waals surface area (Å²) in [7, 11) is 0. The van der Waals surface area contributed by atoms with Crippen molar-refractivity contribution in [2.45, 2.75) is 51.7 Å². The van der Waals surface area contributed by atoms with Crippen molar-refractivity contribution >= 4 is 5.82 Å². The van der Waals surface area contributed by atoms with Crippen molar-refractivity contribution in [3.05, 3.63) is 23.9 Å². The molecule has 4 heteroatoms. The lowest BCUT2D eigenvalue weighted by Crippen LogP contribution is -2.37. The van der Waals surface area contributed by atoms with Crippen LogP contribution in [0.5, 0.6) is 0 Å². The average Bonchev–Trinajstić information content (AvgIpc) is 2.82. The first kappa shape index (κ1) is 14.8. The van der Waals surface area contributed by atoms with Gasteiger partial charge in [0.05, 0.1) is 0 Å². The van der Waals surface area contributed by atoms with E-state index >= 15 is 0 Å². The van der Waals surface area contributed by atoms with E-state index in [-0.39, 0.29) is 0 Å². The van der Waals surface area contributed by atoms with Crippen LogP contribution in [-0.2, 0) is 6.54 Å². The van der Waals surface area contributed by atoms with E-state index in [0.717, 1.165) is 25.7 Å². The second kappa shape index (κ2) is 6.75. The molecule has 0 saturated carbocycles. The number of aromatic nitrogens is 1. The fraction of sp³-hybridized carbons (Fsp3) is 0.706. The first-order valence-electron chi connectivity index (χ1n) is 8.40. The second-order valence-electron chi connectivity index (χ2n) is 6.65. The van der Waals surface area contributed by atoms with Gasteiger partial charge in [-0.2, -0.15) is 0 Å². The fourth-order valence-corrected chi connectivity index (χ4v) is 3.57. The van der Waals surface area contributed by atoms with Gasteiger partial charge in [0.2, 0.25) is 0 Å². The molecule has 0 amide bonds. The molecule has 0 aromatic carbocycles. The van der Waals surface area contributed by atoms with Crippen LogP contribution < -0.4 is 10.2 Å². The number of hydrogen-bond acceptors (Lipinski definition) is 4. The van der Waals surface area contributed by atoms with E-state index in [2.05, 4.69) is 41.1 Å². The van der Waals surface area contributed by atoms with E-state index in [1.807, 2.05) is 6.20 Å². The maximum atomic E-state index is 4.70. The molecule has 1 unspecified atom stereocenters. The van der Waals surface area contributed by atoms with Gasteiger partial charge in [-0.1, -0.05) is 19.9 Å². The smallest absolute Gasteiger partial charge is 0.133 e. The molecule has 1 atom stereocenters. The highest BCUT2D eigenvalue weighted by atomic mass is 15.3. The summed E-state index contributed by atoms with van der Waals surface area (Å²) in [4.78, 5) is 9.90. The highest BCUT2D eigenvalue weighted by Gasteiger charge is 2.29. The molecule has 0 spiro atoms. The first-order chi connectivity index (χ1) is 10.2. The fourth-order valence-electron chi connectivity index (χ4n) is 3.57. The zero-order valence-corrected chi connectivity index (χ0v) is 13.4. The Labute approximate surface area is 128 Å². The normalized spacial score (nSPS) is 23.4. The summed E-state index contributed by atoms with van der Waals surface area (Å²) in [5, 5.41) is 3.53. The molecule has 21 heavy (non-hydrogen) atoms. The Morgan fingerprint density at radius 3 is 3.00 bits per heavy atom. The molecule has 2 fully saturated rings. The van der Waals surface area contributed by atoms with Crippen LogP contribution in [0.4, 0.5) is 5.82 Å². The van der Waals surface area contributed by atoms with Crippen molar-refractivity contribution in [2.75, 3.05) is 31.1 Å². The maximum absolute atomic E-state index is 4.70. The van der Waals surface area contributed by atoms with Gasteiger partial charge in [-0.3, -0.25) is 4.90 Å². The largest absolute Gasteiger partial charge is 0.355 e. The van der Waals surface area contributed by atoms with Crippen LogP contribution in [-0.4, -0.2) is 48.1 Å². The zero-order chi connectivity index (χ0) is 14.7. The topological polar surface area (TPSA) is 31.4 Å². The van der Waals surface area contributed by atoms with Crippen LogP contribution in [0, 0.1) is 0 Å². The molecular formula is C17H28N4. The first-order valence-corrected chi connectivity index (χ1v) is 8.40. The average molecular weight is 288 g/mol. The van der Waals surface area contributed by atoms with Crippen LogP contribution >= 0.6 is 0 Å². The summed E-state index contributed by atoms with van der Waals surface area (Å²) in [6, 6.07) is 5.52. The summed E-state index contributed by atoms with van der Waals surface area (Å²) in [5.41, 5.74) is 1.33. The molecule has 0 aliphatic carbocycles. The van der Waals surface area contributed by atoms with Gasteiger partial charge in [0.1, 0.15) is 5.82 Å². The molecule has 4 nitrogen and oxygen atoms in total. The number of fused-ring (bicyclic) bond motifs is 1. The molecule has 116 valence electrons. The zero-order valence-electron chi connectivity index (χ0n) is 13.4. The van der Waals surface area contributed by atoms with Gasteiger partial charge in [-0.15, -0.1) is 0 Å².